The number of aliphatic hydroxyl groups excluding tert-OH is 5. The monoisotopic (exact) mass is 196 g/mol. The first-order chi connectivity index (χ1) is 5.91. The van der Waals surface area contributed by atoms with E-state index < -0.39 is 37.0 Å². The first kappa shape index (κ1) is 12.4. The third-order valence-corrected chi connectivity index (χ3v) is 1.46. The Labute approximate surface area is 73.5 Å². The Morgan fingerprint density at radius 2 is 1.46 bits per heavy atom. The summed E-state index contributed by atoms with van der Waals surface area (Å²) in [5, 5.41) is 51.5. The number of rotatable bonds is 5. The Morgan fingerprint density at radius 3 is 1.77 bits per heavy atom. The van der Waals surface area contributed by atoms with E-state index in [1.165, 1.54) is 0 Å². The van der Waals surface area contributed by atoms with Crippen LogP contribution in [0.25, 0.3) is 0 Å². The first-order valence-electron chi connectivity index (χ1n) is 3.45. The minimum Gasteiger partial charge on any atom is -0.388 e. The second kappa shape index (κ2) is 5.22. The highest BCUT2D eigenvalue weighted by molar-refractivity contribution is 5.84. The van der Waals surface area contributed by atoms with Crippen LogP contribution >= 0.6 is 0 Å². The minimum atomic E-state index is -2.27. The van der Waals surface area contributed by atoms with Gasteiger partial charge >= 0.3 is 0 Å². The molecule has 0 aliphatic rings. The fourth-order valence-electron chi connectivity index (χ4n) is 0.647. The van der Waals surface area contributed by atoms with E-state index in [4.69, 9.17) is 30.6 Å². The maximum absolute atomic E-state index is 10.5. The highest BCUT2D eigenvalue weighted by Crippen LogP contribution is 2.04. The van der Waals surface area contributed by atoms with Crippen molar-refractivity contribution < 1.29 is 35.4 Å². The van der Waals surface area contributed by atoms with Crippen LogP contribution in [0.15, 0.2) is 0 Å². The summed E-state index contributed by atoms with van der Waals surface area (Å²) in [6.45, 7) is -1.01. The van der Waals surface area contributed by atoms with Gasteiger partial charge in [-0.3, -0.25) is 4.79 Å². The molecule has 0 saturated carbocycles. The van der Waals surface area contributed by atoms with Gasteiger partial charge in [-0.2, -0.15) is 0 Å². The van der Waals surface area contributed by atoms with Crippen molar-refractivity contribution in [2.45, 2.75) is 24.6 Å². The molecule has 0 aromatic rings. The molecule has 0 aliphatic carbocycles. The van der Waals surface area contributed by atoms with Gasteiger partial charge in [0.25, 0.3) is 0 Å². The first-order valence-corrected chi connectivity index (χ1v) is 3.45. The van der Waals surface area contributed by atoms with Gasteiger partial charge in [0.1, 0.15) is 24.9 Å². The van der Waals surface area contributed by atoms with E-state index in [1.54, 1.807) is 0 Å². The lowest BCUT2D eigenvalue weighted by Crippen LogP contribution is -2.48. The van der Waals surface area contributed by atoms with Crippen LogP contribution in [-0.2, 0) is 4.79 Å². The molecular weight excluding hydrogens is 184 g/mol. The number of hydrogen-bond donors (Lipinski definition) is 6. The lowest BCUT2D eigenvalue weighted by Gasteiger charge is -2.22. The van der Waals surface area contributed by atoms with Crippen LogP contribution in [0, 0.1) is 0 Å². The van der Waals surface area contributed by atoms with Crippen molar-refractivity contribution in [3.05, 3.63) is 0 Å². The Bertz CT molecular complexity index is 168. The predicted molar refractivity (Wildman–Crippen MR) is 38.3 cm³/mol. The normalized spacial score (nSPS) is 18.4. The molecule has 0 aromatic heterocycles. The van der Waals surface area contributed by atoms with E-state index in [-0.39, 0.29) is 0 Å². The van der Waals surface area contributed by atoms with Crippen molar-refractivity contribution in [3.63, 3.8) is 0 Å². The highest BCUT2D eigenvalue weighted by atomic mass is 16.5. The summed E-state index contributed by atoms with van der Waals surface area (Å²) >= 11 is 0. The van der Waals surface area contributed by atoms with Crippen LogP contribution in [0.1, 0.15) is 0 Å². The van der Waals surface area contributed by atoms with Crippen LogP contribution in [0.4, 0.5) is 0 Å². The molecule has 3 unspecified atom stereocenters. The number of hydrogen-bond acceptors (Lipinski definition) is 7. The zero-order chi connectivity index (χ0) is 10.6. The van der Waals surface area contributed by atoms with Crippen LogP contribution in [0.3, 0.4) is 0 Å². The number of aliphatic hydroxyl groups is 6. The fourth-order valence-corrected chi connectivity index (χ4v) is 0.647. The maximum Gasteiger partial charge on any atom is 0.189 e. The lowest BCUT2D eigenvalue weighted by atomic mass is 10.0. The standard InChI is InChI=1S/C6H12O7/c7-1-2(8)3(9)4(10)5(11)6(12)13/h3-7,9-13H,1H2. The summed E-state index contributed by atoms with van der Waals surface area (Å²) < 4.78 is 0. The largest absolute Gasteiger partial charge is 0.388 e. The molecule has 0 aliphatic heterocycles. The summed E-state index contributed by atoms with van der Waals surface area (Å²) in [4.78, 5) is 10.5. The van der Waals surface area contributed by atoms with Crippen LogP contribution in [0.5, 0.6) is 0 Å². The van der Waals surface area contributed by atoms with Crippen molar-refractivity contribution in [2.75, 3.05) is 6.61 Å². The second-order valence-corrected chi connectivity index (χ2v) is 2.46. The maximum atomic E-state index is 10.5. The molecule has 0 spiro atoms. The number of carbonyl (C=O) groups is 1. The summed E-state index contributed by atoms with van der Waals surface area (Å²) in [7, 11) is 0. The Balaban J connectivity index is 4.24. The van der Waals surface area contributed by atoms with Crippen molar-refractivity contribution in [2.24, 2.45) is 0 Å². The number of carbonyl (C=O) groups excluding carboxylic acids is 1. The van der Waals surface area contributed by atoms with E-state index in [0.717, 1.165) is 0 Å². The van der Waals surface area contributed by atoms with E-state index in [0.29, 0.717) is 0 Å². The van der Waals surface area contributed by atoms with Gasteiger partial charge in [0.15, 0.2) is 12.1 Å². The van der Waals surface area contributed by atoms with E-state index in [9.17, 15) is 4.79 Å². The number of Topliss-reactive ketones (excluding diaryl/α,β-unsaturated/α-hetero) is 1. The molecule has 78 valence electrons. The molecule has 0 heterocycles. The zero-order valence-corrected chi connectivity index (χ0v) is 6.61. The molecule has 3 atom stereocenters. The number of ketones is 1. The van der Waals surface area contributed by atoms with E-state index in [1.807, 2.05) is 0 Å². The van der Waals surface area contributed by atoms with E-state index in [2.05, 4.69) is 0 Å². The molecule has 13 heavy (non-hydrogen) atoms. The van der Waals surface area contributed by atoms with Crippen molar-refractivity contribution in [1.29, 1.82) is 0 Å². The molecule has 6 N–H and O–H groups in total. The van der Waals surface area contributed by atoms with Gasteiger partial charge in [0.05, 0.1) is 0 Å². The van der Waals surface area contributed by atoms with Crippen LogP contribution in [0.2, 0.25) is 0 Å². The van der Waals surface area contributed by atoms with Gasteiger partial charge in [-0.15, -0.1) is 0 Å². The molecule has 0 saturated heterocycles. The van der Waals surface area contributed by atoms with Gasteiger partial charge in [-0.1, -0.05) is 0 Å². The summed E-state index contributed by atoms with van der Waals surface area (Å²) in [5.74, 6) is -1.12. The van der Waals surface area contributed by atoms with Gasteiger partial charge in [-0.25, -0.2) is 0 Å². The summed E-state index contributed by atoms with van der Waals surface area (Å²) in [6.07, 6.45) is -8.41. The zero-order valence-electron chi connectivity index (χ0n) is 6.61. The van der Waals surface area contributed by atoms with Crippen molar-refractivity contribution >= 4 is 5.78 Å². The molecule has 0 rings (SSSR count). The Hall–Kier alpha value is -0.570. The average molecular weight is 196 g/mol. The van der Waals surface area contributed by atoms with Gasteiger partial charge in [0, 0.05) is 0 Å². The SMILES string of the molecule is O=C(CO)C(O)C(O)C(O)C(O)O. The topological polar surface area (TPSA) is 138 Å². The molecular formula is C6H12O7. The third kappa shape index (κ3) is 3.35. The Kier molecular flexibility index (Phi) is 4.99. The molecule has 7 heteroatoms. The molecule has 0 fully saturated rings. The van der Waals surface area contributed by atoms with Crippen molar-refractivity contribution in [1.82, 2.24) is 0 Å². The third-order valence-electron chi connectivity index (χ3n) is 1.46. The van der Waals surface area contributed by atoms with Gasteiger partial charge in [0.2, 0.25) is 0 Å². The lowest BCUT2D eigenvalue weighted by molar-refractivity contribution is -0.180. The smallest absolute Gasteiger partial charge is 0.189 e. The fraction of sp³-hybridized carbons (Fsp3) is 0.833. The molecule has 0 radical (unpaired) electrons. The Morgan fingerprint density at radius 1 is 1.00 bits per heavy atom. The highest BCUT2D eigenvalue weighted by Gasteiger charge is 2.32. The molecule has 0 aromatic carbocycles. The van der Waals surface area contributed by atoms with Crippen LogP contribution < -0.4 is 0 Å². The van der Waals surface area contributed by atoms with Gasteiger partial charge < -0.3 is 30.6 Å². The minimum absolute atomic E-state index is 1.01. The second-order valence-electron chi connectivity index (χ2n) is 2.46. The quantitative estimate of drug-likeness (QED) is 0.246. The molecule has 7 nitrogen and oxygen atoms in total. The van der Waals surface area contributed by atoms with E-state index >= 15 is 0 Å². The molecule has 0 amide bonds. The summed E-state index contributed by atoms with van der Waals surface area (Å²) in [6, 6.07) is 0. The summed E-state index contributed by atoms with van der Waals surface area (Å²) in [5.41, 5.74) is 0. The van der Waals surface area contributed by atoms with Gasteiger partial charge in [-0.05, 0) is 0 Å². The molecule has 0 bridgehead atoms. The average Bonchev–Trinajstić information content (AvgIpc) is 2.12. The van der Waals surface area contributed by atoms with Crippen LogP contribution in [-0.4, -0.2) is 67.6 Å². The van der Waals surface area contributed by atoms with Crippen molar-refractivity contribution in [3.8, 4) is 0 Å². The predicted octanol–water partition coefficient (Wildman–Crippen LogP) is -4.06.